The minimum Gasteiger partial charge on any atom is -0.370 e. The van der Waals surface area contributed by atoms with E-state index in [1.165, 1.54) is 17.7 Å². The lowest BCUT2D eigenvalue weighted by Crippen LogP contribution is -2.37. The van der Waals surface area contributed by atoms with E-state index in [-0.39, 0.29) is 6.04 Å². The van der Waals surface area contributed by atoms with Crippen LogP contribution in [0.15, 0.2) is 22.7 Å². The lowest BCUT2D eigenvalue weighted by atomic mass is 10.1. The first kappa shape index (κ1) is 15.8. The molecule has 0 radical (unpaired) electrons. The van der Waals surface area contributed by atoms with Gasteiger partial charge in [0.05, 0.1) is 0 Å². The van der Waals surface area contributed by atoms with Crippen molar-refractivity contribution in [1.29, 1.82) is 0 Å². The van der Waals surface area contributed by atoms with E-state index in [2.05, 4.69) is 64.7 Å². The highest BCUT2D eigenvalue weighted by Crippen LogP contribution is 2.31. The van der Waals surface area contributed by atoms with Gasteiger partial charge in [0.15, 0.2) is 0 Å². The Kier molecular flexibility index (Phi) is 5.47. The van der Waals surface area contributed by atoms with Crippen molar-refractivity contribution in [3.63, 3.8) is 0 Å². The van der Waals surface area contributed by atoms with Crippen LogP contribution in [0.3, 0.4) is 0 Å². The third-order valence-corrected chi connectivity index (χ3v) is 4.81. The molecular formula is C16H26BrN3. The van der Waals surface area contributed by atoms with Gasteiger partial charge in [-0.1, -0.05) is 29.8 Å². The van der Waals surface area contributed by atoms with Crippen molar-refractivity contribution in [2.45, 2.75) is 39.3 Å². The van der Waals surface area contributed by atoms with Crippen LogP contribution in [0.4, 0.5) is 5.69 Å². The normalized spacial score (nSPS) is 20.7. The Hall–Kier alpha value is -0.580. The Balaban J connectivity index is 2.18. The topological polar surface area (TPSA) is 32.5 Å². The van der Waals surface area contributed by atoms with Crippen LogP contribution >= 0.6 is 15.9 Å². The van der Waals surface area contributed by atoms with Crippen LogP contribution < -0.4 is 10.6 Å². The number of likely N-dealkylation sites (N-methyl/N-ethyl adjacent to an activating group) is 1. The number of hydrogen-bond acceptors (Lipinski definition) is 3. The van der Waals surface area contributed by atoms with Crippen LogP contribution in [0.2, 0.25) is 0 Å². The molecular weight excluding hydrogens is 314 g/mol. The second-order valence-corrected chi connectivity index (χ2v) is 6.52. The summed E-state index contributed by atoms with van der Waals surface area (Å²) in [6, 6.07) is 7.22. The summed E-state index contributed by atoms with van der Waals surface area (Å²) in [5, 5.41) is 0. The maximum Gasteiger partial charge on any atom is 0.0415 e. The van der Waals surface area contributed by atoms with Crippen molar-refractivity contribution in [2.75, 3.05) is 31.1 Å². The third kappa shape index (κ3) is 3.35. The lowest BCUT2D eigenvalue weighted by Gasteiger charge is -2.28. The highest BCUT2D eigenvalue weighted by Gasteiger charge is 2.27. The fraction of sp³-hybridized carbons (Fsp3) is 0.625. The van der Waals surface area contributed by atoms with Gasteiger partial charge in [0, 0.05) is 35.3 Å². The molecule has 4 heteroatoms. The maximum absolute atomic E-state index is 6.14. The summed E-state index contributed by atoms with van der Waals surface area (Å²) in [5.74, 6) is 0. The molecule has 1 aliphatic rings. The molecule has 20 heavy (non-hydrogen) atoms. The fourth-order valence-electron chi connectivity index (χ4n) is 3.18. The Morgan fingerprint density at radius 2 is 2.10 bits per heavy atom. The first-order valence-corrected chi connectivity index (χ1v) is 8.40. The quantitative estimate of drug-likeness (QED) is 0.892. The molecule has 0 aliphatic carbocycles. The van der Waals surface area contributed by atoms with Crippen LogP contribution in [0.5, 0.6) is 0 Å². The Morgan fingerprint density at radius 3 is 2.70 bits per heavy atom. The van der Waals surface area contributed by atoms with Crippen LogP contribution in [-0.2, 0) is 0 Å². The zero-order chi connectivity index (χ0) is 14.7. The summed E-state index contributed by atoms with van der Waals surface area (Å²) in [6.45, 7) is 11.1. The predicted octanol–water partition coefficient (Wildman–Crippen LogP) is 3.39. The third-order valence-electron chi connectivity index (χ3n) is 4.31. The van der Waals surface area contributed by atoms with Crippen molar-refractivity contribution in [3.05, 3.63) is 28.2 Å². The maximum atomic E-state index is 6.14. The van der Waals surface area contributed by atoms with Gasteiger partial charge in [-0.3, -0.25) is 4.90 Å². The summed E-state index contributed by atoms with van der Waals surface area (Å²) >= 11 is 3.55. The van der Waals surface area contributed by atoms with Crippen LogP contribution in [-0.4, -0.2) is 37.1 Å². The van der Waals surface area contributed by atoms with Crippen LogP contribution in [0, 0.1) is 0 Å². The molecule has 3 nitrogen and oxygen atoms in total. The number of rotatable bonds is 5. The molecule has 1 fully saturated rings. The van der Waals surface area contributed by atoms with Crippen molar-refractivity contribution >= 4 is 21.6 Å². The molecule has 2 N–H and O–H groups in total. The smallest absolute Gasteiger partial charge is 0.0415 e. The summed E-state index contributed by atoms with van der Waals surface area (Å²) in [7, 11) is 0. The number of halogens is 1. The van der Waals surface area contributed by atoms with Gasteiger partial charge in [-0.25, -0.2) is 0 Å². The Bertz CT molecular complexity index is 443. The molecule has 1 aromatic carbocycles. The molecule has 2 rings (SSSR count). The predicted molar refractivity (Wildman–Crippen MR) is 90.3 cm³/mol. The monoisotopic (exact) mass is 339 g/mol. The molecule has 1 saturated heterocycles. The van der Waals surface area contributed by atoms with E-state index in [0.29, 0.717) is 6.04 Å². The minimum atomic E-state index is 0.0648. The summed E-state index contributed by atoms with van der Waals surface area (Å²) in [4.78, 5) is 5.05. The van der Waals surface area contributed by atoms with Crippen molar-refractivity contribution < 1.29 is 0 Å². The van der Waals surface area contributed by atoms with Gasteiger partial charge in [0.2, 0.25) is 0 Å². The average molecular weight is 340 g/mol. The van der Waals surface area contributed by atoms with E-state index in [1.807, 2.05) is 0 Å². The van der Waals surface area contributed by atoms with Gasteiger partial charge in [-0.15, -0.1) is 0 Å². The second kappa shape index (κ2) is 6.92. The van der Waals surface area contributed by atoms with Gasteiger partial charge < -0.3 is 10.6 Å². The van der Waals surface area contributed by atoms with E-state index in [1.54, 1.807) is 0 Å². The Labute approximate surface area is 131 Å². The van der Waals surface area contributed by atoms with Gasteiger partial charge in [-0.2, -0.15) is 0 Å². The van der Waals surface area contributed by atoms with Gasteiger partial charge in [0.25, 0.3) is 0 Å². The number of benzene rings is 1. The first-order chi connectivity index (χ1) is 9.56. The van der Waals surface area contributed by atoms with Crippen molar-refractivity contribution in [3.8, 4) is 0 Å². The minimum absolute atomic E-state index is 0.0648. The SMILES string of the molecule is CCN(CC)C1CCN(c2ccc(Br)cc2C(C)N)C1. The van der Waals surface area contributed by atoms with Crippen molar-refractivity contribution in [1.82, 2.24) is 4.90 Å². The number of anilines is 1. The van der Waals surface area contributed by atoms with E-state index in [0.717, 1.165) is 30.7 Å². The molecule has 112 valence electrons. The number of nitrogens with zero attached hydrogens (tertiary/aromatic N) is 2. The average Bonchev–Trinajstić information content (AvgIpc) is 2.89. The zero-order valence-electron chi connectivity index (χ0n) is 12.8. The molecule has 0 saturated carbocycles. The van der Waals surface area contributed by atoms with Crippen LogP contribution in [0.1, 0.15) is 38.8 Å². The lowest BCUT2D eigenvalue weighted by molar-refractivity contribution is 0.232. The van der Waals surface area contributed by atoms with Gasteiger partial charge in [0.1, 0.15) is 0 Å². The molecule has 0 spiro atoms. The molecule has 0 amide bonds. The molecule has 2 atom stereocenters. The van der Waals surface area contributed by atoms with Crippen LogP contribution in [0.25, 0.3) is 0 Å². The van der Waals surface area contributed by atoms with Gasteiger partial charge >= 0.3 is 0 Å². The first-order valence-electron chi connectivity index (χ1n) is 7.60. The molecule has 0 bridgehead atoms. The summed E-state index contributed by atoms with van der Waals surface area (Å²) in [5.41, 5.74) is 8.68. The zero-order valence-corrected chi connectivity index (χ0v) is 14.4. The van der Waals surface area contributed by atoms with E-state index < -0.39 is 0 Å². The van der Waals surface area contributed by atoms with E-state index >= 15 is 0 Å². The largest absolute Gasteiger partial charge is 0.370 e. The number of hydrogen-bond donors (Lipinski definition) is 1. The number of nitrogens with two attached hydrogens (primary N) is 1. The highest BCUT2D eigenvalue weighted by molar-refractivity contribution is 9.10. The molecule has 2 unspecified atom stereocenters. The summed E-state index contributed by atoms with van der Waals surface area (Å²) in [6.07, 6.45) is 1.25. The van der Waals surface area contributed by atoms with Gasteiger partial charge in [-0.05, 0) is 50.2 Å². The van der Waals surface area contributed by atoms with Crippen molar-refractivity contribution in [2.24, 2.45) is 5.73 Å². The standard InChI is InChI=1S/C16H26BrN3/c1-4-19(5-2)14-8-9-20(11-14)16-7-6-13(17)10-15(16)12(3)18/h6-7,10,12,14H,4-5,8-9,11,18H2,1-3H3. The fourth-order valence-corrected chi connectivity index (χ4v) is 3.56. The highest BCUT2D eigenvalue weighted by atomic mass is 79.9. The molecule has 1 aliphatic heterocycles. The van der Waals surface area contributed by atoms with E-state index in [4.69, 9.17) is 5.73 Å². The van der Waals surface area contributed by atoms with E-state index in [9.17, 15) is 0 Å². The molecule has 1 heterocycles. The summed E-state index contributed by atoms with van der Waals surface area (Å²) < 4.78 is 1.10. The second-order valence-electron chi connectivity index (χ2n) is 5.60. The molecule has 0 aromatic heterocycles. The molecule has 1 aromatic rings. The Morgan fingerprint density at radius 1 is 1.40 bits per heavy atom.